The molecule has 28 heavy (non-hydrogen) atoms. The molecule has 1 heterocycles. The van der Waals surface area contributed by atoms with Gasteiger partial charge in [0.15, 0.2) is 6.29 Å². The first-order valence-corrected chi connectivity index (χ1v) is 9.37. The molecule has 1 saturated heterocycles. The minimum absolute atomic E-state index is 0.0140. The molecule has 0 radical (unpaired) electrons. The van der Waals surface area contributed by atoms with Crippen LogP contribution in [0.4, 0.5) is 0 Å². The molecule has 0 aliphatic carbocycles. The Morgan fingerprint density at radius 1 is 0.929 bits per heavy atom. The zero-order valence-corrected chi connectivity index (χ0v) is 17.7. The maximum Gasteiger partial charge on any atom is 0.151 e. The molecule has 5 N–H and O–H groups in total. The van der Waals surface area contributed by atoms with Crippen LogP contribution in [0, 0.1) is 0 Å². The van der Waals surface area contributed by atoms with Gasteiger partial charge in [-0.2, -0.15) is 0 Å². The van der Waals surface area contributed by atoms with Crippen molar-refractivity contribution in [1.29, 1.82) is 0 Å². The molecular weight excluding hydrogens is 376 g/mol. The maximum atomic E-state index is 9.15. The summed E-state index contributed by atoms with van der Waals surface area (Å²) in [7, 11) is 1.62. The molecule has 0 spiro atoms. The number of aliphatic hydroxyl groups is 5. The summed E-state index contributed by atoms with van der Waals surface area (Å²) in [5.74, 6) is 0. The van der Waals surface area contributed by atoms with Gasteiger partial charge < -0.3 is 49.2 Å². The molecule has 5 unspecified atom stereocenters. The predicted octanol–water partition coefficient (Wildman–Crippen LogP) is -1.10. The second kappa shape index (κ2) is 19.9. The van der Waals surface area contributed by atoms with Crippen molar-refractivity contribution < 1.29 is 49.2 Å². The van der Waals surface area contributed by atoms with Gasteiger partial charge >= 0.3 is 0 Å². The van der Waals surface area contributed by atoms with Crippen molar-refractivity contribution in [1.82, 2.24) is 0 Å². The summed E-state index contributed by atoms with van der Waals surface area (Å²) in [5, 5.41) is 42.2. The van der Waals surface area contributed by atoms with Gasteiger partial charge in [-0.3, -0.25) is 0 Å². The van der Waals surface area contributed by atoms with Gasteiger partial charge in [0.2, 0.25) is 0 Å². The lowest BCUT2D eigenvalue weighted by molar-refractivity contribution is -0.141. The third-order valence-electron chi connectivity index (χ3n) is 3.08. The normalized spacial score (nSPS) is 19.6. The van der Waals surface area contributed by atoms with Crippen molar-refractivity contribution in [3.05, 3.63) is 0 Å². The lowest BCUT2D eigenvalue weighted by Crippen LogP contribution is -2.31. The highest BCUT2D eigenvalue weighted by Gasteiger charge is 2.14. The maximum absolute atomic E-state index is 9.15. The van der Waals surface area contributed by atoms with Gasteiger partial charge in [-0.15, -0.1) is 0 Å². The first-order chi connectivity index (χ1) is 13.2. The lowest BCUT2D eigenvalue weighted by Gasteiger charge is -2.20. The highest BCUT2D eigenvalue weighted by Crippen LogP contribution is 2.04. The van der Waals surface area contributed by atoms with Crippen LogP contribution in [0.3, 0.4) is 0 Å². The summed E-state index contributed by atoms with van der Waals surface area (Å²) >= 11 is 0. The van der Waals surface area contributed by atoms with E-state index < -0.39 is 18.5 Å². The summed E-state index contributed by atoms with van der Waals surface area (Å²) in [6, 6.07) is 0. The molecular formula is C18H40O10. The van der Waals surface area contributed by atoms with E-state index in [0.717, 1.165) is 6.61 Å². The SMILES string of the molecule is CC1CO1.COC(C)COCC(COC(C)O)OCC(C)O.OCC(O)CO. The molecule has 10 heteroatoms. The fourth-order valence-corrected chi connectivity index (χ4v) is 1.25. The first kappa shape index (κ1) is 29.8. The largest absolute Gasteiger partial charge is 0.394 e. The number of hydrogen-bond acceptors (Lipinski definition) is 10. The fraction of sp³-hybridized carbons (Fsp3) is 1.00. The summed E-state index contributed by atoms with van der Waals surface area (Å²) in [5.41, 5.74) is 0. The molecule has 5 atom stereocenters. The zero-order chi connectivity index (χ0) is 21.9. The van der Waals surface area contributed by atoms with Crippen LogP contribution in [0.2, 0.25) is 0 Å². The molecule has 1 aliphatic heterocycles. The average Bonchev–Trinajstić information content (AvgIpc) is 3.45. The second-order valence-corrected chi connectivity index (χ2v) is 6.48. The summed E-state index contributed by atoms with van der Waals surface area (Å²) in [6.07, 6.45) is -2.07. The van der Waals surface area contributed by atoms with E-state index in [1.807, 2.05) is 6.92 Å². The minimum atomic E-state index is -0.954. The van der Waals surface area contributed by atoms with E-state index in [0.29, 0.717) is 19.3 Å². The van der Waals surface area contributed by atoms with E-state index in [1.165, 1.54) is 6.92 Å². The molecule has 0 amide bonds. The van der Waals surface area contributed by atoms with Crippen LogP contribution < -0.4 is 0 Å². The van der Waals surface area contributed by atoms with E-state index in [-0.39, 0.29) is 38.6 Å². The number of ether oxygens (including phenoxy) is 5. The smallest absolute Gasteiger partial charge is 0.151 e. The van der Waals surface area contributed by atoms with Crippen molar-refractivity contribution in [3.8, 4) is 0 Å². The Morgan fingerprint density at radius 2 is 1.46 bits per heavy atom. The quantitative estimate of drug-likeness (QED) is 0.185. The molecule has 172 valence electrons. The van der Waals surface area contributed by atoms with Gasteiger partial charge in [-0.1, -0.05) is 0 Å². The van der Waals surface area contributed by atoms with Crippen LogP contribution in [0.25, 0.3) is 0 Å². The number of rotatable bonds is 13. The minimum Gasteiger partial charge on any atom is -0.394 e. The molecule has 0 saturated carbocycles. The fourth-order valence-electron chi connectivity index (χ4n) is 1.25. The summed E-state index contributed by atoms with van der Waals surface area (Å²) < 4.78 is 25.7. The van der Waals surface area contributed by atoms with Gasteiger partial charge in [0, 0.05) is 7.11 Å². The predicted molar refractivity (Wildman–Crippen MR) is 102 cm³/mol. The summed E-state index contributed by atoms with van der Waals surface area (Å²) in [4.78, 5) is 0. The molecule has 1 fully saturated rings. The van der Waals surface area contributed by atoms with Crippen molar-refractivity contribution >= 4 is 0 Å². The van der Waals surface area contributed by atoms with E-state index >= 15 is 0 Å². The number of hydrogen-bond donors (Lipinski definition) is 5. The van der Waals surface area contributed by atoms with Crippen LogP contribution in [-0.2, 0) is 23.7 Å². The van der Waals surface area contributed by atoms with Crippen LogP contribution in [0.1, 0.15) is 27.7 Å². The van der Waals surface area contributed by atoms with Crippen molar-refractivity contribution in [2.45, 2.75) is 64.5 Å². The molecule has 1 aliphatic rings. The molecule has 0 aromatic heterocycles. The van der Waals surface area contributed by atoms with Crippen LogP contribution >= 0.6 is 0 Å². The monoisotopic (exact) mass is 416 g/mol. The molecule has 1 rings (SSSR count). The van der Waals surface area contributed by atoms with Crippen molar-refractivity contribution in [2.24, 2.45) is 0 Å². The van der Waals surface area contributed by atoms with E-state index in [1.54, 1.807) is 14.0 Å². The summed E-state index contributed by atoms with van der Waals surface area (Å²) in [6.45, 7) is 8.58. The second-order valence-electron chi connectivity index (χ2n) is 6.48. The van der Waals surface area contributed by atoms with Crippen LogP contribution in [-0.4, -0.2) is 116 Å². The highest BCUT2D eigenvalue weighted by atomic mass is 16.6. The molecule has 0 aromatic carbocycles. The standard InChI is InChI=1S/C12H26O6.C3H8O3.C3H6O/c1-9(13)5-18-12(8-17-11(3)14)7-16-6-10(2)15-4;4-1-3(6)2-5;1-3-2-4-3/h9-14H,5-8H2,1-4H3;3-6H,1-2H2;3H,2H2,1H3. The topological polar surface area (TPSA) is 151 Å². The van der Waals surface area contributed by atoms with E-state index in [9.17, 15) is 0 Å². The third kappa shape index (κ3) is 25.6. The molecule has 0 aromatic rings. The Balaban J connectivity index is 0. The Kier molecular flexibility index (Phi) is 21.2. The lowest BCUT2D eigenvalue weighted by atomic mass is 10.3. The molecule has 0 bridgehead atoms. The Hall–Kier alpha value is -0.400. The van der Waals surface area contributed by atoms with Crippen molar-refractivity contribution in [3.63, 3.8) is 0 Å². The van der Waals surface area contributed by atoms with Gasteiger partial charge in [0.1, 0.15) is 12.2 Å². The Morgan fingerprint density at radius 3 is 1.79 bits per heavy atom. The van der Waals surface area contributed by atoms with Crippen LogP contribution in [0.15, 0.2) is 0 Å². The zero-order valence-electron chi connectivity index (χ0n) is 17.7. The van der Waals surface area contributed by atoms with Gasteiger partial charge in [0.05, 0.1) is 64.6 Å². The number of epoxide rings is 1. The van der Waals surface area contributed by atoms with Crippen molar-refractivity contribution in [2.75, 3.05) is 53.4 Å². The highest BCUT2D eigenvalue weighted by molar-refractivity contribution is 4.59. The van der Waals surface area contributed by atoms with E-state index in [2.05, 4.69) is 6.92 Å². The van der Waals surface area contributed by atoms with E-state index in [4.69, 9.17) is 49.2 Å². The number of methoxy groups -OCH3 is 1. The third-order valence-corrected chi connectivity index (χ3v) is 3.08. The number of aliphatic hydroxyl groups excluding tert-OH is 5. The van der Waals surface area contributed by atoms with Gasteiger partial charge in [-0.25, -0.2) is 0 Å². The average molecular weight is 417 g/mol. The van der Waals surface area contributed by atoms with Gasteiger partial charge in [0.25, 0.3) is 0 Å². The molecule has 10 nitrogen and oxygen atoms in total. The Labute approximate surface area is 167 Å². The van der Waals surface area contributed by atoms with Gasteiger partial charge in [-0.05, 0) is 27.7 Å². The van der Waals surface area contributed by atoms with Crippen LogP contribution in [0.5, 0.6) is 0 Å². The Bertz CT molecular complexity index is 297. The first-order valence-electron chi connectivity index (χ1n) is 9.37.